The van der Waals surface area contributed by atoms with Crippen LogP contribution < -0.4 is 0 Å². The van der Waals surface area contributed by atoms with E-state index in [4.69, 9.17) is 28.4 Å². The Bertz CT molecular complexity index is 1970. The largest absolute Gasteiger partial charge is 0.479 e. The first-order valence-electron chi connectivity index (χ1n) is 24.2. The van der Waals surface area contributed by atoms with Gasteiger partial charge in [0.1, 0.15) is 61.5 Å². The van der Waals surface area contributed by atoms with Crippen LogP contribution in [-0.4, -0.2) is 175 Å². The van der Waals surface area contributed by atoms with Crippen LogP contribution in [0, 0.1) is 50.2 Å². The van der Waals surface area contributed by atoms with Crippen molar-refractivity contribution in [2.45, 2.75) is 193 Å². The zero-order valence-electron chi connectivity index (χ0n) is 40.7. The average Bonchev–Trinajstić information content (AvgIpc) is 3.27. The minimum absolute atomic E-state index is 0.0110. The van der Waals surface area contributed by atoms with Crippen LogP contribution in [0.2, 0.25) is 0 Å². The summed E-state index contributed by atoms with van der Waals surface area (Å²) in [4.78, 5) is 38.0. The predicted octanol–water partition coefficient (Wildman–Crippen LogP) is 0.855. The predicted molar refractivity (Wildman–Crippen MR) is 236 cm³/mol. The van der Waals surface area contributed by atoms with Gasteiger partial charge in [-0.2, -0.15) is 0 Å². The molecule has 0 amide bonds. The van der Waals surface area contributed by atoms with Crippen LogP contribution in [0.15, 0.2) is 23.3 Å². The van der Waals surface area contributed by atoms with Gasteiger partial charge in [0, 0.05) is 23.3 Å². The number of aliphatic hydroxyl groups is 9. The van der Waals surface area contributed by atoms with Gasteiger partial charge in [0.05, 0.1) is 30.8 Å². The zero-order chi connectivity index (χ0) is 50.4. The van der Waals surface area contributed by atoms with Gasteiger partial charge in [-0.05, 0) is 92.8 Å². The fourth-order valence-corrected chi connectivity index (χ4v) is 14.7. The molecule has 22 atom stereocenters. The van der Waals surface area contributed by atoms with E-state index in [1.165, 1.54) is 6.92 Å². The molecule has 0 aromatic rings. The molecule has 5 aliphatic carbocycles. The molecule has 0 bridgehead atoms. The van der Waals surface area contributed by atoms with Crippen LogP contribution in [-0.2, 0) is 42.8 Å². The Kier molecular flexibility index (Phi) is 14.7. The molecule has 386 valence electrons. The number of carbonyl (C=O) groups is 3. The van der Waals surface area contributed by atoms with Crippen LogP contribution in [0.1, 0.15) is 107 Å². The van der Waals surface area contributed by atoms with E-state index in [2.05, 4.69) is 26.8 Å². The topological polar surface area (TPSA) is 309 Å². The molecule has 19 nitrogen and oxygen atoms in total. The Labute approximate surface area is 397 Å². The van der Waals surface area contributed by atoms with Crippen molar-refractivity contribution in [1.29, 1.82) is 0 Å². The summed E-state index contributed by atoms with van der Waals surface area (Å²) in [7, 11) is 0. The summed E-state index contributed by atoms with van der Waals surface area (Å²) in [6.07, 6.45) is -15.3. The molecular weight excluding hydrogens is 893 g/mol. The molecule has 0 spiro atoms. The van der Waals surface area contributed by atoms with Crippen molar-refractivity contribution in [2.75, 3.05) is 19.8 Å². The minimum atomic E-state index is -2.04. The summed E-state index contributed by atoms with van der Waals surface area (Å²) in [6, 6.07) is 0. The molecule has 2 saturated heterocycles. The monoisotopic (exact) mass is 968 g/mol. The summed E-state index contributed by atoms with van der Waals surface area (Å²) in [6.45, 7) is 15.6. The second-order valence-corrected chi connectivity index (χ2v) is 22.8. The number of aliphatic hydroxyl groups excluding tert-OH is 9. The third-order valence-corrected chi connectivity index (χ3v) is 18.9. The van der Waals surface area contributed by atoms with E-state index in [0.29, 0.717) is 44.1 Å². The van der Waals surface area contributed by atoms with Crippen molar-refractivity contribution in [3.05, 3.63) is 23.3 Å². The third-order valence-electron chi connectivity index (χ3n) is 18.9. The lowest BCUT2D eigenvalue weighted by molar-refractivity contribution is -0.375. The number of hydrogen-bond acceptors (Lipinski definition) is 18. The van der Waals surface area contributed by atoms with Crippen LogP contribution in [0.3, 0.4) is 0 Å². The van der Waals surface area contributed by atoms with E-state index in [1.54, 1.807) is 19.9 Å². The molecule has 0 radical (unpaired) electrons. The maximum absolute atomic E-state index is 13.2. The zero-order valence-corrected chi connectivity index (χ0v) is 40.7. The summed E-state index contributed by atoms with van der Waals surface area (Å²) in [5.41, 5.74) is -3.29. The molecular formula is C49H76O19. The van der Waals surface area contributed by atoms with Crippen molar-refractivity contribution in [1.82, 2.24) is 0 Å². The van der Waals surface area contributed by atoms with E-state index in [-0.39, 0.29) is 31.5 Å². The van der Waals surface area contributed by atoms with Gasteiger partial charge in [-0.3, -0.25) is 4.79 Å². The normalized spacial score (nSPS) is 50.1. The second-order valence-electron chi connectivity index (χ2n) is 22.8. The van der Waals surface area contributed by atoms with Gasteiger partial charge in [-0.1, -0.05) is 59.3 Å². The van der Waals surface area contributed by atoms with Crippen LogP contribution in [0.5, 0.6) is 0 Å². The second kappa shape index (κ2) is 18.8. The molecule has 19 heteroatoms. The van der Waals surface area contributed by atoms with E-state index in [0.717, 1.165) is 5.57 Å². The Hall–Kier alpha value is -2.63. The SMILES string of the molecule is C/C=C(\C)C(=O)O[C@H]1[C@H](O)[C@]2(COC(C)=O)[C@H](O)C[C@]3(C)C(=CC[C@@H]4[C@@]5(C)CC[C@H](O[C@@H]6O[C@H](C(=O)O)[C@@H](O)[C@H](O)[C@H]6O[C@@H]6O[C@H](CO)[C@@H](O)[C@H](O)[C@H]6O)[C@](C)(CO)[C@@H]5CC[C@]43C)[C@@H]2CC1(C)C. The number of aliphatic carboxylic acids is 1. The number of fused-ring (bicyclic) bond motifs is 7. The van der Waals surface area contributed by atoms with Gasteiger partial charge in [0.25, 0.3) is 0 Å². The maximum atomic E-state index is 13.2. The maximum Gasteiger partial charge on any atom is 0.335 e. The highest BCUT2D eigenvalue weighted by Gasteiger charge is 2.73. The molecule has 2 aliphatic heterocycles. The highest BCUT2D eigenvalue weighted by atomic mass is 16.8. The lowest BCUT2D eigenvalue weighted by atomic mass is 9.33. The number of esters is 2. The first-order chi connectivity index (χ1) is 31.6. The molecule has 6 fully saturated rings. The van der Waals surface area contributed by atoms with Crippen molar-refractivity contribution in [2.24, 2.45) is 50.2 Å². The fraction of sp³-hybridized carbons (Fsp3) is 0.857. The van der Waals surface area contributed by atoms with Gasteiger partial charge in [-0.25, -0.2) is 9.59 Å². The minimum Gasteiger partial charge on any atom is -0.479 e. The first-order valence-corrected chi connectivity index (χ1v) is 24.2. The van der Waals surface area contributed by atoms with Crippen molar-refractivity contribution in [3.8, 4) is 0 Å². The first kappa shape index (κ1) is 53.2. The summed E-state index contributed by atoms with van der Waals surface area (Å²) < 4.78 is 35.6. The Balaban J connectivity index is 1.20. The highest BCUT2D eigenvalue weighted by Crippen LogP contribution is 2.76. The standard InChI is InChI=1S/C49H76O19/c1-10-22(2)41(62)68-39-38(59)49(21-63-23(3)52)25(17-44(39,4)5)24-11-12-28-45(6)15-14-30(46(7,20-51)27(45)13-16-47(28,8)48(24,9)18-29(49)53)65-43-37(34(57)33(56)36(66-43)40(60)61)67-42-35(58)32(55)31(54)26(19-50)64-42/h10-11,25-39,42-43,50-51,53-59H,12-21H2,1-9H3,(H,60,61)/b22-10+/t25-,26+,27+,28+,29+,30-,31+,32-,33-,34-,35+,36-,37+,38-,39-,42-,43+,45-,46+,47+,48+,49-/m0/s1. The van der Waals surface area contributed by atoms with E-state index in [1.807, 2.05) is 20.8 Å². The molecule has 68 heavy (non-hydrogen) atoms. The van der Waals surface area contributed by atoms with Crippen LogP contribution in [0.4, 0.5) is 0 Å². The van der Waals surface area contributed by atoms with Gasteiger partial charge < -0.3 is 79.5 Å². The highest BCUT2D eigenvalue weighted by molar-refractivity contribution is 5.87. The van der Waals surface area contributed by atoms with Crippen LogP contribution in [0.25, 0.3) is 0 Å². The fourth-order valence-electron chi connectivity index (χ4n) is 14.7. The number of carboxylic acids is 1. The summed E-state index contributed by atoms with van der Waals surface area (Å²) >= 11 is 0. The Morgan fingerprint density at radius 1 is 0.809 bits per heavy atom. The van der Waals surface area contributed by atoms with E-state index < -0.39 is 149 Å². The number of allylic oxidation sites excluding steroid dienone is 3. The number of carboxylic acid groups (broad SMARTS) is 1. The van der Waals surface area contributed by atoms with Gasteiger partial charge in [-0.15, -0.1) is 0 Å². The Morgan fingerprint density at radius 2 is 1.49 bits per heavy atom. The van der Waals surface area contributed by atoms with Gasteiger partial charge in [0.2, 0.25) is 0 Å². The molecule has 7 aliphatic rings. The van der Waals surface area contributed by atoms with Gasteiger partial charge in [0.15, 0.2) is 18.7 Å². The lowest BCUT2D eigenvalue weighted by Gasteiger charge is -2.72. The summed E-state index contributed by atoms with van der Waals surface area (Å²) in [5.74, 6) is -3.44. The number of ether oxygens (including phenoxy) is 6. The molecule has 7 rings (SSSR count). The third kappa shape index (κ3) is 8.11. The number of rotatable bonds is 11. The van der Waals surface area contributed by atoms with Crippen molar-refractivity contribution >= 4 is 17.9 Å². The molecule has 0 unspecified atom stereocenters. The van der Waals surface area contributed by atoms with Gasteiger partial charge >= 0.3 is 17.9 Å². The average molecular weight is 969 g/mol. The molecule has 2 heterocycles. The lowest BCUT2D eigenvalue weighted by Crippen LogP contribution is -2.72. The quantitative estimate of drug-likeness (QED) is 0.0594. The summed E-state index contributed by atoms with van der Waals surface area (Å²) in [5, 5.41) is 110. The molecule has 4 saturated carbocycles. The number of hydrogen-bond donors (Lipinski definition) is 10. The Morgan fingerprint density at radius 3 is 2.09 bits per heavy atom. The van der Waals surface area contributed by atoms with E-state index in [9.17, 15) is 65.4 Å². The number of carbonyl (C=O) groups excluding carboxylic acids is 2. The van der Waals surface area contributed by atoms with Crippen LogP contribution >= 0.6 is 0 Å². The molecule has 0 aromatic carbocycles. The van der Waals surface area contributed by atoms with Crippen molar-refractivity contribution < 1.29 is 93.9 Å². The molecule has 10 N–H and O–H groups in total. The van der Waals surface area contributed by atoms with Crippen molar-refractivity contribution in [3.63, 3.8) is 0 Å². The molecule has 0 aromatic heterocycles. The van der Waals surface area contributed by atoms with E-state index >= 15 is 0 Å². The smallest absolute Gasteiger partial charge is 0.335 e.